The topological polar surface area (TPSA) is 82.5 Å². The van der Waals surface area contributed by atoms with Crippen molar-refractivity contribution < 1.29 is 28.5 Å². The smallest absolute Gasteiger partial charge is 0.419 e. The van der Waals surface area contributed by atoms with Crippen molar-refractivity contribution in [2.24, 2.45) is 0 Å². The van der Waals surface area contributed by atoms with Crippen LogP contribution in [0.1, 0.15) is 53.9 Å². The third-order valence-electron chi connectivity index (χ3n) is 7.76. The van der Waals surface area contributed by atoms with E-state index in [-0.39, 0.29) is 18.1 Å². The number of ether oxygens (including phenoxy) is 4. The summed E-state index contributed by atoms with van der Waals surface area (Å²) in [6.45, 7) is 12.2. The number of aryl methyl sites for hydroxylation is 1. The highest BCUT2D eigenvalue weighted by Crippen LogP contribution is 2.37. The van der Waals surface area contributed by atoms with Crippen LogP contribution in [0, 0.1) is 6.92 Å². The quantitative estimate of drug-likeness (QED) is 0.421. The largest absolute Gasteiger partial charge is 0.496 e. The first kappa shape index (κ1) is 28.1. The standard InChI is InChI=1S/C31H39N3O6/c1-20-15-27(37-5)25(24-11-12-34(28(20)24)30(36)40-31(2,3)4)17-33-16-23-19-39-14-13-32(23)18-26(33)21-7-9-22(10-8-21)29(35)38-6/h7-12,15,23,26H,13-14,16-19H2,1-6H3. The fourth-order valence-electron chi connectivity index (χ4n) is 5.86. The molecule has 0 amide bonds. The fourth-order valence-corrected chi connectivity index (χ4v) is 5.86. The summed E-state index contributed by atoms with van der Waals surface area (Å²) in [5.41, 5.74) is 3.84. The van der Waals surface area contributed by atoms with Gasteiger partial charge in [0.1, 0.15) is 11.4 Å². The number of hydrogen-bond acceptors (Lipinski definition) is 8. The molecule has 1 aromatic heterocycles. The molecule has 3 aromatic rings. The Morgan fingerprint density at radius 1 is 1.07 bits per heavy atom. The molecule has 2 aliphatic heterocycles. The number of aromatic nitrogens is 1. The molecule has 2 fully saturated rings. The molecule has 2 aliphatic rings. The van der Waals surface area contributed by atoms with Gasteiger partial charge in [0.05, 0.1) is 38.5 Å². The number of morpholine rings is 1. The molecule has 9 nitrogen and oxygen atoms in total. The summed E-state index contributed by atoms with van der Waals surface area (Å²) < 4.78 is 23.9. The summed E-state index contributed by atoms with van der Waals surface area (Å²) in [6.07, 6.45) is 1.38. The molecule has 2 unspecified atom stereocenters. The number of methoxy groups -OCH3 is 2. The number of fused-ring (bicyclic) bond motifs is 2. The molecule has 40 heavy (non-hydrogen) atoms. The average molecular weight is 550 g/mol. The maximum atomic E-state index is 13.1. The van der Waals surface area contributed by atoms with Gasteiger partial charge in [0.25, 0.3) is 0 Å². The Labute approximate surface area is 235 Å². The second-order valence-electron chi connectivity index (χ2n) is 11.6. The van der Waals surface area contributed by atoms with Gasteiger partial charge in [-0.3, -0.25) is 14.4 Å². The predicted molar refractivity (Wildman–Crippen MR) is 152 cm³/mol. The average Bonchev–Trinajstić information content (AvgIpc) is 3.39. The molecule has 0 aliphatic carbocycles. The van der Waals surface area contributed by atoms with Crippen LogP contribution in [0.2, 0.25) is 0 Å². The Bertz CT molecular complexity index is 1390. The monoisotopic (exact) mass is 549 g/mol. The van der Waals surface area contributed by atoms with Crippen LogP contribution >= 0.6 is 0 Å². The van der Waals surface area contributed by atoms with E-state index in [9.17, 15) is 9.59 Å². The molecule has 0 radical (unpaired) electrons. The molecular weight excluding hydrogens is 510 g/mol. The molecular formula is C31H39N3O6. The van der Waals surface area contributed by atoms with Crippen LogP contribution in [0.5, 0.6) is 5.75 Å². The summed E-state index contributed by atoms with van der Waals surface area (Å²) in [6, 6.07) is 12.1. The number of nitrogens with zero attached hydrogens (tertiary/aromatic N) is 3. The lowest BCUT2D eigenvalue weighted by atomic mass is 9.96. The van der Waals surface area contributed by atoms with Crippen molar-refractivity contribution in [3.8, 4) is 5.75 Å². The van der Waals surface area contributed by atoms with Crippen molar-refractivity contribution in [3.05, 3.63) is 64.8 Å². The first-order valence-corrected chi connectivity index (χ1v) is 13.7. The number of rotatable bonds is 5. The van der Waals surface area contributed by atoms with Crippen molar-refractivity contribution in [2.75, 3.05) is 47.1 Å². The minimum atomic E-state index is -0.602. The summed E-state index contributed by atoms with van der Waals surface area (Å²) >= 11 is 0. The lowest BCUT2D eigenvalue weighted by Gasteiger charge is -2.48. The number of carbonyl (C=O) groups is 2. The van der Waals surface area contributed by atoms with Gasteiger partial charge in [-0.2, -0.15) is 0 Å². The highest BCUT2D eigenvalue weighted by Gasteiger charge is 2.37. The maximum absolute atomic E-state index is 13.1. The number of carbonyl (C=O) groups excluding carboxylic acids is 2. The summed E-state index contributed by atoms with van der Waals surface area (Å²) in [4.78, 5) is 30.1. The van der Waals surface area contributed by atoms with Crippen LogP contribution in [0.3, 0.4) is 0 Å². The molecule has 0 saturated carbocycles. The van der Waals surface area contributed by atoms with Crippen molar-refractivity contribution in [3.63, 3.8) is 0 Å². The van der Waals surface area contributed by atoms with E-state index in [1.54, 1.807) is 17.9 Å². The van der Waals surface area contributed by atoms with Crippen molar-refractivity contribution >= 4 is 23.0 Å². The number of esters is 1. The fraction of sp³-hybridized carbons (Fsp3) is 0.484. The lowest BCUT2D eigenvalue weighted by Crippen LogP contribution is -2.58. The Balaban J connectivity index is 1.53. The second kappa shape index (κ2) is 11.2. The predicted octanol–water partition coefficient (Wildman–Crippen LogP) is 4.79. The zero-order chi connectivity index (χ0) is 28.6. The first-order chi connectivity index (χ1) is 19.1. The van der Waals surface area contributed by atoms with E-state index in [2.05, 4.69) is 9.80 Å². The van der Waals surface area contributed by atoms with Gasteiger partial charge in [-0.05, 0) is 63.1 Å². The second-order valence-corrected chi connectivity index (χ2v) is 11.6. The maximum Gasteiger partial charge on any atom is 0.419 e. The summed E-state index contributed by atoms with van der Waals surface area (Å²) in [5, 5.41) is 0.963. The molecule has 2 aromatic carbocycles. The SMILES string of the molecule is COC(=O)c1ccc(C2CN3CCOCC3CN2Cc2c(OC)cc(C)c3c2ccn3C(=O)OC(C)(C)C)cc1. The van der Waals surface area contributed by atoms with E-state index in [1.807, 2.05) is 64.1 Å². The van der Waals surface area contributed by atoms with Gasteiger partial charge < -0.3 is 18.9 Å². The molecule has 0 bridgehead atoms. The Morgan fingerprint density at radius 3 is 2.50 bits per heavy atom. The van der Waals surface area contributed by atoms with E-state index in [0.29, 0.717) is 18.7 Å². The van der Waals surface area contributed by atoms with Crippen molar-refractivity contribution in [1.82, 2.24) is 14.4 Å². The zero-order valence-electron chi connectivity index (χ0n) is 24.2. The van der Waals surface area contributed by atoms with Gasteiger partial charge in [0, 0.05) is 55.4 Å². The molecule has 0 spiro atoms. The van der Waals surface area contributed by atoms with E-state index in [1.165, 1.54) is 7.11 Å². The van der Waals surface area contributed by atoms with Gasteiger partial charge in [-0.25, -0.2) is 9.59 Å². The number of piperazine rings is 1. The number of hydrogen-bond donors (Lipinski definition) is 0. The lowest BCUT2D eigenvalue weighted by molar-refractivity contribution is -0.0668. The van der Waals surface area contributed by atoms with E-state index >= 15 is 0 Å². The minimum absolute atomic E-state index is 0.0926. The summed E-state index contributed by atoms with van der Waals surface area (Å²) in [5.74, 6) is 0.440. The minimum Gasteiger partial charge on any atom is -0.496 e. The molecule has 2 saturated heterocycles. The molecule has 5 rings (SSSR count). The molecule has 214 valence electrons. The van der Waals surface area contributed by atoms with Crippen LogP contribution in [0.15, 0.2) is 42.6 Å². The van der Waals surface area contributed by atoms with Crippen LogP contribution in [-0.2, 0) is 20.8 Å². The van der Waals surface area contributed by atoms with Gasteiger partial charge in [0.15, 0.2) is 0 Å². The van der Waals surface area contributed by atoms with Gasteiger partial charge in [-0.15, -0.1) is 0 Å². The highest BCUT2D eigenvalue weighted by atomic mass is 16.6. The van der Waals surface area contributed by atoms with Gasteiger partial charge >= 0.3 is 12.1 Å². The van der Waals surface area contributed by atoms with Crippen LogP contribution in [0.4, 0.5) is 4.79 Å². The van der Waals surface area contributed by atoms with Gasteiger partial charge in [-0.1, -0.05) is 12.1 Å². The molecule has 3 heterocycles. The van der Waals surface area contributed by atoms with E-state index in [4.69, 9.17) is 18.9 Å². The first-order valence-electron chi connectivity index (χ1n) is 13.7. The molecule has 0 N–H and O–H groups in total. The highest BCUT2D eigenvalue weighted by molar-refractivity contribution is 5.95. The Morgan fingerprint density at radius 2 is 1.82 bits per heavy atom. The normalized spacial score (nSPS) is 20.2. The Kier molecular flexibility index (Phi) is 7.90. The summed E-state index contributed by atoms with van der Waals surface area (Å²) in [7, 11) is 3.08. The molecule has 9 heteroatoms. The third kappa shape index (κ3) is 5.59. The van der Waals surface area contributed by atoms with Crippen molar-refractivity contribution in [2.45, 2.75) is 51.9 Å². The van der Waals surface area contributed by atoms with Crippen molar-refractivity contribution in [1.29, 1.82) is 0 Å². The van der Waals surface area contributed by atoms with Crippen LogP contribution in [0.25, 0.3) is 10.9 Å². The number of benzene rings is 2. The zero-order valence-corrected chi connectivity index (χ0v) is 24.2. The van der Waals surface area contributed by atoms with Crippen LogP contribution < -0.4 is 4.74 Å². The third-order valence-corrected chi connectivity index (χ3v) is 7.76. The van der Waals surface area contributed by atoms with Crippen LogP contribution in [-0.4, -0.2) is 85.1 Å². The molecule has 2 atom stereocenters. The van der Waals surface area contributed by atoms with E-state index < -0.39 is 11.7 Å². The van der Waals surface area contributed by atoms with Gasteiger partial charge in [0.2, 0.25) is 0 Å². The van der Waals surface area contributed by atoms with E-state index in [0.717, 1.165) is 59.6 Å². The Hall–Kier alpha value is -3.40.